The van der Waals surface area contributed by atoms with Gasteiger partial charge in [0.15, 0.2) is 0 Å². The molecule has 0 N–H and O–H groups in total. The minimum Gasteiger partial charge on any atom is -0.469 e. The molecule has 0 radical (unpaired) electrons. The van der Waals surface area contributed by atoms with Crippen molar-refractivity contribution in [3.63, 3.8) is 0 Å². The molecule has 0 unspecified atom stereocenters. The van der Waals surface area contributed by atoms with Crippen molar-refractivity contribution in [2.24, 2.45) is 0 Å². The van der Waals surface area contributed by atoms with E-state index < -0.39 is 0 Å². The number of esters is 1. The Morgan fingerprint density at radius 2 is 0.821 bits per heavy atom. The lowest BCUT2D eigenvalue weighted by atomic mass is 10.0. The smallest absolute Gasteiger partial charge is 0.305 e. The molecule has 0 atom stereocenters. The molecule has 0 saturated heterocycles. The van der Waals surface area contributed by atoms with E-state index in [-0.39, 0.29) is 5.97 Å². The quantitative estimate of drug-likeness (QED) is 0.138. The molecule has 166 valence electrons. The molecule has 3 heteroatoms. The SMILES string of the molecule is CCCCCCCCCCCCCCCCC(=O)CCCCCCC(=O)OC. The van der Waals surface area contributed by atoms with E-state index in [2.05, 4.69) is 11.7 Å². The Balaban J connectivity index is 3.17. The number of unbranched alkanes of at least 4 members (excludes halogenated alkanes) is 16. The molecule has 0 saturated carbocycles. The van der Waals surface area contributed by atoms with Crippen LogP contribution in [0.1, 0.15) is 142 Å². The van der Waals surface area contributed by atoms with Crippen LogP contribution in [0.15, 0.2) is 0 Å². The molecule has 0 aliphatic rings. The Morgan fingerprint density at radius 1 is 0.500 bits per heavy atom. The normalized spacial score (nSPS) is 10.9. The van der Waals surface area contributed by atoms with Crippen LogP contribution in [0.25, 0.3) is 0 Å². The number of carbonyl (C=O) groups excluding carboxylic acids is 2. The Labute approximate surface area is 175 Å². The van der Waals surface area contributed by atoms with Gasteiger partial charge in [0, 0.05) is 19.3 Å². The van der Waals surface area contributed by atoms with E-state index in [9.17, 15) is 9.59 Å². The summed E-state index contributed by atoms with van der Waals surface area (Å²) in [7, 11) is 1.43. The van der Waals surface area contributed by atoms with Crippen LogP contribution < -0.4 is 0 Å². The third kappa shape index (κ3) is 21.4. The van der Waals surface area contributed by atoms with E-state index >= 15 is 0 Å². The predicted octanol–water partition coefficient (Wildman–Crippen LogP) is 7.94. The Bertz CT molecular complexity index is 352. The number of hydrogen-bond donors (Lipinski definition) is 0. The van der Waals surface area contributed by atoms with Crippen molar-refractivity contribution in [3.8, 4) is 0 Å². The third-order valence-electron chi connectivity index (χ3n) is 5.62. The minimum absolute atomic E-state index is 0.131. The van der Waals surface area contributed by atoms with Crippen molar-refractivity contribution in [1.29, 1.82) is 0 Å². The van der Waals surface area contributed by atoms with Gasteiger partial charge in [0.2, 0.25) is 0 Å². The van der Waals surface area contributed by atoms with Crippen LogP contribution in [-0.4, -0.2) is 18.9 Å². The van der Waals surface area contributed by atoms with Gasteiger partial charge >= 0.3 is 5.97 Å². The zero-order valence-electron chi connectivity index (χ0n) is 19.1. The largest absolute Gasteiger partial charge is 0.469 e. The highest BCUT2D eigenvalue weighted by Gasteiger charge is 2.03. The first-order chi connectivity index (χ1) is 13.7. The van der Waals surface area contributed by atoms with Crippen LogP contribution in [0.3, 0.4) is 0 Å². The second kappa shape index (κ2) is 22.4. The highest BCUT2D eigenvalue weighted by atomic mass is 16.5. The Kier molecular flexibility index (Phi) is 21.7. The van der Waals surface area contributed by atoms with Crippen molar-refractivity contribution in [3.05, 3.63) is 0 Å². The molecule has 3 nitrogen and oxygen atoms in total. The second-order valence-electron chi connectivity index (χ2n) is 8.38. The summed E-state index contributed by atoms with van der Waals surface area (Å²) in [4.78, 5) is 22.9. The van der Waals surface area contributed by atoms with Gasteiger partial charge in [-0.3, -0.25) is 9.59 Å². The molecular weight excluding hydrogens is 348 g/mol. The number of ketones is 1. The topological polar surface area (TPSA) is 43.4 Å². The summed E-state index contributed by atoms with van der Waals surface area (Å²) in [6.07, 6.45) is 24.9. The van der Waals surface area contributed by atoms with Gasteiger partial charge in [-0.05, 0) is 19.3 Å². The number of rotatable bonds is 22. The van der Waals surface area contributed by atoms with E-state index in [0.29, 0.717) is 12.2 Å². The lowest BCUT2D eigenvalue weighted by molar-refractivity contribution is -0.140. The van der Waals surface area contributed by atoms with E-state index in [0.717, 1.165) is 44.9 Å². The Morgan fingerprint density at radius 3 is 1.18 bits per heavy atom. The predicted molar refractivity (Wildman–Crippen MR) is 120 cm³/mol. The van der Waals surface area contributed by atoms with E-state index in [1.807, 2.05) is 0 Å². The summed E-state index contributed by atoms with van der Waals surface area (Å²) >= 11 is 0. The fraction of sp³-hybridized carbons (Fsp3) is 0.920. The molecule has 0 spiro atoms. The monoisotopic (exact) mass is 396 g/mol. The van der Waals surface area contributed by atoms with Crippen LogP contribution in [-0.2, 0) is 14.3 Å². The van der Waals surface area contributed by atoms with Crippen LogP contribution >= 0.6 is 0 Å². The van der Waals surface area contributed by atoms with Gasteiger partial charge < -0.3 is 4.74 Å². The number of carbonyl (C=O) groups is 2. The fourth-order valence-electron chi connectivity index (χ4n) is 3.69. The number of ether oxygens (including phenoxy) is 1. The van der Waals surface area contributed by atoms with Crippen molar-refractivity contribution in [1.82, 2.24) is 0 Å². The minimum atomic E-state index is -0.131. The molecule has 0 fully saturated rings. The summed E-state index contributed by atoms with van der Waals surface area (Å²) in [6.45, 7) is 2.28. The van der Waals surface area contributed by atoms with Crippen LogP contribution in [0.5, 0.6) is 0 Å². The van der Waals surface area contributed by atoms with E-state index in [1.54, 1.807) is 0 Å². The first-order valence-corrected chi connectivity index (χ1v) is 12.3. The van der Waals surface area contributed by atoms with E-state index in [4.69, 9.17) is 0 Å². The first-order valence-electron chi connectivity index (χ1n) is 12.3. The maximum Gasteiger partial charge on any atom is 0.305 e. The molecule has 0 aliphatic heterocycles. The molecule has 0 rings (SSSR count). The molecule has 0 aromatic heterocycles. The lowest BCUT2D eigenvalue weighted by Gasteiger charge is -2.04. The third-order valence-corrected chi connectivity index (χ3v) is 5.62. The molecule has 0 aliphatic carbocycles. The summed E-state index contributed by atoms with van der Waals surface area (Å²) in [6, 6.07) is 0. The molecule has 0 heterocycles. The van der Waals surface area contributed by atoms with Gasteiger partial charge in [-0.15, -0.1) is 0 Å². The van der Waals surface area contributed by atoms with Crippen molar-refractivity contribution >= 4 is 11.8 Å². The summed E-state index contributed by atoms with van der Waals surface area (Å²) in [5, 5.41) is 0. The molecule has 0 aromatic rings. The Hall–Kier alpha value is -0.860. The fourth-order valence-corrected chi connectivity index (χ4v) is 3.69. The molecule has 0 bridgehead atoms. The average molecular weight is 397 g/mol. The second-order valence-corrected chi connectivity index (χ2v) is 8.38. The van der Waals surface area contributed by atoms with Gasteiger partial charge in [-0.25, -0.2) is 0 Å². The maximum absolute atomic E-state index is 11.9. The number of methoxy groups -OCH3 is 1. The summed E-state index contributed by atoms with van der Waals surface area (Å²) in [5.41, 5.74) is 0. The van der Waals surface area contributed by atoms with Gasteiger partial charge in [0.05, 0.1) is 7.11 Å². The molecule has 0 aromatic carbocycles. The van der Waals surface area contributed by atoms with Gasteiger partial charge in [0.1, 0.15) is 5.78 Å². The standard InChI is InChI=1S/C25H48O3/c1-3-4-5-6-7-8-9-10-11-12-13-14-15-18-21-24(26)22-19-16-17-20-23-25(27)28-2/h3-23H2,1-2H3. The molecular formula is C25H48O3. The molecule has 0 amide bonds. The van der Waals surface area contributed by atoms with Gasteiger partial charge in [-0.1, -0.05) is 103 Å². The zero-order valence-corrected chi connectivity index (χ0v) is 19.1. The highest BCUT2D eigenvalue weighted by molar-refractivity contribution is 5.78. The molecule has 28 heavy (non-hydrogen) atoms. The number of Topliss-reactive ketones (excluding diaryl/α,β-unsaturated/α-hetero) is 1. The van der Waals surface area contributed by atoms with Crippen molar-refractivity contribution in [2.75, 3.05) is 7.11 Å². The van der Waals surface area contributed by atoms with Gasteiger partial charge in [0.25, 0.3) is 0 Å². The summed E-state index contributed by atoms with van der Waals surface area (Å²) in [5.74, 6) is 0.292. The van der Waals surface area contributed by atoms with Crippen LogP contribution in [0.4, 0.5) is 0 Å². The lowest BCUT2D eigenvalue weighted by Crippen LogP contribution is -2.00. The van der Waals surface area contributed by atoms with Gasteiger partial charge in [-0.2, -0.15) is 0 Å². The first kappa shape index (κ1) is 27.1. The van der Waals surface area contributed by atoms with Crippen LogP contribution in [0.2, 0.25) is 0 Å². The van der Waals surface area contributed by atoms with Crippen molar-refractivity contribution < 1.29 is 14.3 Å². The number of hydrogen-bond acceptors (Lipinski definition) is 3. The van der Waals surface area contributed by atoms with E-state index in [1.165, 1.54) is 90.6 Å². The average Bonchev–Trinajstić information content (AvgIpc) is 2.70. The maximum atomic E-state index is 11.9. The highest BCUT2D eigenvalue weighted by Crippen LogP contribution is 2.14. The van der Waals surface area contributed by atoms with Crippen molar-refractivity contribution in [2.45, 2.75) is 142 Å². The summed E-state index contributed by atoms with van der Waals surface area (Å²) < 4.78 is 4.62. The van der Waals surface area contributed by atoms with Crippen LogP contribution in [0, 0.1) is 0 Å². The zero-order chi connectivity index (χ0) is 20.7.